The van der Waals surface area contributed by atoms with Gasteiger partial charge in [-0.05, 0) is 54.8 Å². The topological polar surface area (TPSA) is 90.5 Å². The first-order valence-corrected chi connectivity index (χ1v) is 10.8. The first kappa shape index (κ1) is 23.5. The van der Waals surface area contributed by atoms with Gasteiger partial charge in [-0.15, -0.1) is 0 Å². The van der Waals surface area contributed by atoms with Crippen molar-refractivity contribution in [3.63, 3.8) is 0 Å². The van der Waals surface area contributed by atoms with Gasteiger partial charge in [0.15, 0.2) is 0 Å². The molecular weight excluding hydrogens is 435 g/mol. The highest BCUT2D eigenvalue weighted by atomic mass is 35.5. The monoisotopic (exact) mass is 460 g/mol. The predicted molar refractivity (Wildman–Crippen MR) is 121 cm³/mol. The highest BCUT2D eigenvalue weighted by molar-refractivity contribution is 6.30. The van der Waals surface area contributed by atoms with Gasteiger partial charge in [-0.2, -0.15) is 0 Å². The lowest BCUT2D eigenvalue weighted by Crippen LogP contribution is -2.53. The van der Waals surface area contributed by atoms with Crippen LogP contribution in [0, 0.1) is 5.82 Å². The van der Waals surface area contributed by atoms with Crippen molar-refractivity contribution in [3.05, 3.63) is 64.9 Å². The molecule has 3 N–H and O–H groups in total. The summed E-state index contributed by atoms with van der Waals surface area (Å²) in [5.74, 6) is -0.976. The van der Waals surface area contributed by atoms with Gasteiger partial charge in [0.05, 0.1) is 0 Å². The smallest absolute Gasteiger partial charge is 0.321 e. The van der Waals surface area contributed by atoms with Crippen molar-refractivity contribution in [2.24, 2.45) is 0 Å². The van der Waals surface area contributed by atoms with Crippen LogP contribution in [0.1, 0.15) is 25.3 Å². The number of likely N-dealkylation sites (tertiary alicyclic amines) is 1. The molecule has 1 saturated heterocycles. The number of anilines is 1. The first-order valence-electron chi connectivity index (χ1n) is 10.4. The molecule has 0 bridgehead atoms. The predicted octanol–water partition coefficient (Wildman–Crippen LogP) is 3.34. The summed E-state index contributed by atoms with van der Waals surface area (Å²) in [5.41, 5.74) is 1.41. The molecule has 2 aromatic rings. The van der Waals surface area contributed by atoms with Gasteiger partial charge in [-0.25, -0.2) is 9.18 Å². The van der Waals surface area contributed by atoms with Crippen LogP contribution in [0.2, 0.25) is 5.02 Å². The molecule has 1 aliphatic rings. The average Bonchev–Trinajstić information content (AvgIpc) is 2.76. The van der Waals surface area contributed by atoms with Crippen LogP contribution in [0.4, 0.5) is 14.9 Å². The summed E-state index contributed by atoms with van der Waals surface area (Å²) in [6, 6.07) is 11.6. The van der Waals surface area contributed by atoms with E-state index in [9.17, 15) is 18.8 Å². The van der Waals surface area contributed by atoms with E-state index in [0.29, 0.717) is 36.6 Å². The van der Waals surface area contributed by atoms with Crippen molar-refractivity contribution in [3.8, 4) is 0 Å². The molecule has 1 heterocycles. The van der Waals surface area contributed by atoms with Crippen molar-refractivity contribution in [2.45, 2.75) is 38.3 Å². The van der Waals surface area contributed by atoms with E-state index in [1.807, 2.05) is 0 Å². The Morgan fingerprint density at radius 3 is 2.28 bits per heavy atom. The van der Waals surface area contributed by atoms with Crippen LogP contribution in [-0.2, 0) is 16.0 Å². The minimum atomic E-state index is -0.760. The van der Waals surface area contributed by atoms with E-state index in [4.69, 9.17) is 11.6 Å². The molecular formula is C23H26ClFN4O3. The summed E-state index contributed by atoms with van der Waals surface area (Å²) in [4.78, 5) is 38.5. The quantitative estimate of drug-likeness (QED) is 0.617. The van der Waals surface area contributed by atoms with Gasteiger partial charge >= 0.3 is 6.03 Å². The molecule has 0 spiro atoms. The molecule has 0 radical (unpaired) electrons. The number of hydrogen-bond donors (Lipinski definition) is 3. The molecule has 0 aromatic heterocycles. The number of nitrogens with zero attached hydrogens (tertiary/aromatic N) is 1. The lowest BCUT2D eigenvalue weighted by Gasteiger charge is -2.33. The Kier molecular flexibility index (Phi) is 8.05. The molecule has 1 fully saturated rings. The highest BCUT2D eigenvalue weighted by Crippen LogP contribution is 2.16. The van der Waals surface area contributed by atoms with Crippen molar-refractivity contribution >= 4 is 35.1 Å². The minimum Gasteiger partial charge on any atom is -0.351 e. The Hall–Kier alpha value is -3.13. The molecule has 1 atom stereocenters. The largest absolute Gasteiger partial charge is 0.351 e. The van der Waals surface area contributed by atoms with Gasteiger partial charge in [0.25, 0.3) is 0 Å². The molecule has 7 nitrogen and oxygen atoms in total. The summed E-state index contributed by atoms with van der Waals surface area (Å²) in [6.07, 6.45) is 1.46. The third-order valence-corrected chi connectivity index (χ3v) is 5.52. The number of nitrogens with one attached hydrogen (secondary N) is 3. The van der Waals surface area contributed by atoms with Crippen molar-refractivity contribution in [2.75, 3.05) is 18.4 Å². The van der Waals surface area contributed by atoms with Crippen LogP contribution in [0.15, 0.2) is 48.5 Å². The second-order valence-corrected chi connectivity index (χ2v) is 8.23. The van der Waals surface area contributed by atoms with Gasteiger partial charge in [-0.3, -0.25) is 9.59 Å². The number of carbonyl (C=O) groups excluding carboxylic acids is 3. The first-order chi connectivity index (χ1) is 15.3. The second kappa shape index (κ2) is 10.9. The Morgan fingerprint density at radius 2 is 1.69 bits per heavy atom. The maximum atomic E-state index is 13.1. The van der Waals surface area contributed by atoms with Crippen molar-refractivity contribution in [1.29, 1.82) is 0 Å². The normalized spacial score (nSPS) is 15.0. The molecule has 32 heavy (non-hydrogen) atoms. The van der Waals surface area contributed by atoms with E-state index in [1.165, 1.54) is 19.1 Å². The lowest BCUT2D eigenvalue weighted by atomic mass is 10.0. The molecule has 4 amide bonds. The summed E-state index contributed by atoms with van der Waals surface area (Å²) in [6.45, 7) is 2.34. The molecule has 170 valence electrons. The number of benzene rings is 2. The van der Waals surface area contributed by atoms with E-state index >= 15 is 0 Å². The SMILES string of the molecule is CC(=O)N[C@@H](Cc1ccc(F)cc1)C(=O)NC1CCN(C(=O)Nc2ccc(Cl)cc2)CC1. The third kappa shape index (κ3) is 6.95. The Morgan fingerprint density at radius 1 is 1.06 bits per heavy atom. The van der Waals surface area contributed by atoms with Crippen LogP contribution in [-0.4, -0.2) is 47.9 Å². The molecule has 0 saturated carbocycles. The average molecular weight is 461 g/mol. The van der Waals surface area contributed by atoms with Crippen molar-refractivity contribution < 1.29 is 18.8 Å². The number of piperidine rings is 1. The van der Waals surface area contributed by atoms with E-state index in [1.54, 1.807) is 41.3 Å². The van der Waals surface area contributed by atoms with Gasteiger partial charge < -0.3 is 20.9 Å². The molecule has 1 aliphatic heterocycles. The molecule has 0 aliphatic carbocycles. The zero-order valence-electron chi connectivity index (χ0n) is 17.7. The maximum absolute atomic E-state index is 13.1. The van der Waals surface area contributed by atoms with Crippen LogP contribution in [0.25, 0.3) is 0 Å². The Bertz CT molecular complexity index is 945. The van der Waals surface area contributed by atoms with E-state index in [-0.39, 0.29) is 36.1 Å². The van der Waals surface area contributed by atoms with E-state index in [2.05, 4.69) is 16.0 Å². The zero-order chi connectivity index (χ0) is 23.1. The number of amides is 4. The maximum Gasteiger partial charge on any atom is 0.321 e. The Labute approximate surface area is 191 Å². The number of carbonyl (C=O) groups is 3. The summed E-state index contributed by atoms with van der Waals surface area (Å²) < 4.78 is 13.1. The molecule has 9 heteroatoms. The van der Waals surface area contributed by atoms with Crippen LogP contribution >= 0.6 is 11.6 Å². The fraction of sp³-hybridized carbons (Fsp3) is 0.348. The number of halogens is 2. The zero-order valence-corrected chi connectivity index (χ0v) is 18.5. The van der Waals surface area contributed by atoms with E-state index < -0.39 is 6.04 Å². The lowest BCUT2D eigenvalue weighted by molar-refractivity contribution is -0.128. The van der Waals surface area contributed by atoms with Gasteiger partial charge in [0.1, 0.15) is 11.9 Å². The van der Waals surface area contributed by atoms with Crippen LogP contribution in [0.5, 0.6) is 0 Å². The molecule has 3 rings (SSSR count). The number of hydrogen-bond acceptors (Lipinski definition) is 3. The summed E-state index contributed by atoms with van der Waals surface area (Å²) in [7, 11) is 0. The number of rotatable bonds is 6. The highest BCUT2D eigenvalue weighted by Gasteiger charge is 2.27. The van der Waals surface area contributed by atoms with Gasteiger partial charge in [-0.1, -0.05) is 23.7 Å². The molecule has 0 unspecified atom stereocenters. The Balaban J connectivity index is 1.50. The van der Waals surface area contributed by atoms with Crippen LogP contribution < -0.4 is 16.0 Å². The standard InChI is InChI=1S/C23H26ClFN4O3/c1-15(30)26-21(14-16-2-6-18(25)7-3-16)22(31)27-20-10-12-29(13-11-20)23(32)28-19-8-4-17(24)5-9-19/h2-9,20-21H,10-14H2,1H3,(H,26,30)(H,27,31)(H,28,32)/t21-/m0/s1. The second-order valence-electron chi connectivity index (χ2n) is 7.79. The van der Waals surface area contributed by atoms with Crippen molar-refractivity contribution in [1.82, 2.24) is 15.5 Å². The number of urea groups is 1. The third-order valence-electron chi connectivity index (χ3n) is 5.27. The van der Waals surface area contributed by atoms with E-state index in [0.717, 1.165) is 5.56 Å². The van der Waals surface area contributed by atoms with Crippen LogP contribution in [0.3, 0.4) is 0 Å². The summed E-state index contributed by atoms with van der Waals surface area (Å²) >= 11 is 5.86. The fourth-order valence-electron chi connectivity index (χ4n) is 3.58. The summed E-state index contributed by atoms with van der Waals surface area (Å²) in [5, 5.41) is 9.06. The van der Waals surface area contributed by atoms with Gasteiger partial charge in [0.2, 0.25) is 11.8 Å². The molecule has 2 aromatic carbocycles. The fourth-order valence-corrected chi connectivity index (χ4v) is 3.70. The minimum absolute atomic E-state index is 0.105. The van der Waals surface area contributed by atoms with Gasteiger partial charge in [0, 0.05) is 43.2 Å².